The van der Waals surface area contributed by atoms with E-state index < -0.39 is 5.97 Å². The van der Waals surface area contributed by atoms with Gasteiger partial charge >= 0.3 is 5.97 Å². The van der Waals surface area contributed by atoms with Crippen LogP contribution in [0.1, 0.15) is 33.1 Å². The van der Waals surface area contributed by atoms with E-state index in [1.807, 2.05) is 0 Å². The van der Waals surface area contributed by atoms with Crippen LogP contribution in [-0.4, -0.2) is 22.3 Å². The molecule has 5 unspecified atom stereocenters. The third-order valence-electron chi connectivity index (χ3n) is 4.80. The first-order chi connectivity index (χ1) is 7.44. The largest absolute Gasteiger partial charge is 0.478 e. The highest BCUT2D eigenvalue weighted by atomic mass is 16.4. The van der Waals surface area contributed by atoms with E-state index in [0.717, 1.165) is 11.8 Å². The zero-order valence-electron chi connectivity index (χ0n) is 9.94. The Morgan fingerprint density at radius 3 is 2.25 bits per heavy atom. The van der Waals surface area contributed by atoms with Crippen molar-refractivity contribution in [2.75, 3.05) is 0 Å². The van der Waals surface area contributed by atoms with Gasteiger partial charge in [-0.1, -0.05) is 13.5 Å². The summed E-state index contributed by atoms with van der Waals surface area (Å²) in [6, 6.07) is 0. The minimum Gasteiger partial charge on any atom is -0.478 e. The van der Waals surface area contributed by atoms with Gasteiger partial charge in [0, 0.05) is 5.57 Å². The van der Waals surface area contributed by atoms with Gasteiger partial charge in [0.15, 0.2) is 0 Å². The number of carboxylic acid groups (broad SMARTS) is 1. The van der Waals surface area contributed by atoms with Crippen LogP contribution in [0.2, 0.25) is 0 Å². The fourth-order valence-electron chi connectivity index (χ4n) is 3.95. The molecular formula is C13H20O3. The van der Waals surface area contributed by atoms with Gasteiger partial charge < -0.3 is 10.2 Å². The Hall–Kier alpha value is -0.830. The average Bonchev–Trinajstić information content (AvgIpc) is 2.56. The van der Waals surface area contributed by atoms with Crippen molar-refractivity contribution in [1.29, 1.82) is 0 Å². The Morgan fingerprint density at radius 1 is 1.56 bits per heavy atom. The average molecular weight is 224 g/mol. The highest BCUT2D eigenvalue weighted by molar-refractivity contribution is 5.84. The summed E-state index contributed by atoms with van der Waals surface area (Å²) < 4.78 is 0. The van der Waals surface area contributed by atoms with E-state index in [-0.39, 0.29) is 11.7 Å². The summed E-state index contributed by atoms with van der Waals surface area (Å²) in [7, 11) is 0. The van der Waals surface area contributed by atoms with Gasteiger partial charge in [0.25, 0.3) is 0 Å². The van der Waals surface area contributed by atoms with Crippen molar-refractivity contribution < 1.29 is 15.0 Å². The van der Waals surface area contributed by atoms with Crippen LogP contribution in [0, 0.1) is 23.2 Å². The molecule has 0 aliphatic heterocycles. The molecule has 4 aliphatic carbocycles. The number of carboxylic acids is 1. The highest BCUT2D eigenvalue weighted by Gasteiger charge is 2.77. The van der Waals surface area contributed by atoms with Gasteiger partial charge in [-0.2, -0.15) is 0 Å². The van der Waals surface area contributed by atoms with Crippen molar-refractivity contribution in [3.05, 3.63) is 12.2 Å². The first-order valence-electron chi connectivity index (χ1n) is 6.01. The van der Waals surface area contributed by atoms with E-state index in [1.165, 1.54) is 26.2 Å². The van der Waals surface area contributed by atoms with Crippen molar-refractivity contribution in [3.8, 4) is 0 Å². The molecule has 4 aliphatic rings. The van der Waals surface area contributed by atoms with Crippen molar-refractivity contribution in [3.63, 3.8) is 0 Å². The van der Waals surface area contributed by atoms with Crippen molar-refractivity contribution >= 4 is 5.97 Å². The zero-order chi connectivity index (χ0) is 12.1. The number of hydrogen-bond donors (Lipinski definition) is 2. The maximum atomic E-state index is 9.65. The summed E-state index contributed by atoms with van der Waals surface area (Å²) in [6.07, 6.45) is 4.11. The molecule has 3 heteroatoms. The van der Waals surface area contributed by atoms with Gasteiger partial charge in [-0.3, -0.25) is 0 Å². The summed E-state index contributed by atoms with van der Waals surface area (Å²) in [6.45, 7) is 6.89. The standard InChI is InChI=1S/C9H14O.C4H6O2/c1-2-9-4-5-3-6(9)7(9)8(5)10;1-3(2)4(5)6/h5-8,10H,2-4H2,1H3;1H2,2H3,(H,5,6). The summed E-state index contributed by atoms with van der Waals surface area (Å²) in [4.78, 5) is 9.60. The van der Waals surface area contributed by atoms with E-state index in [4.69, 9.17) is 5.11 Å². The Kier molecular flexibility index (Phi) is 2.61. The van der Waals surface area contributed by atoms with Crippen LogP contribution >= 0.6 is 0 Å². The van der Waals surface area contributed by atoms with E-state index >= 15 is 0 Å². The second-order valence-corrected chi connectivity index (χ2v) is 5.49. The molecular weight excluding hydrogens is 204 g/mol. The Balaban J connectivity index is 0.000000142. The third-order valence-corrected chi connectivity index (χ3v) is 4.80. The highest BCUT2D eigenvalue weighted by Crippen LogP contribution is 2.80. The van der Waals surface area contributed by atoms with Crippen molar-refractivity contribution in [1.82, 2.24) is 0 Å². The van der Waals surface area contributed by atoms with Gasteiger partial charge in [-0.05, 0) is 49.4 Å². The van der Waals surface area contributed by atoms with Crippen LogP contribution < -0.4 is 0 Å². The molecule has 4 fully saturated rings. The summed E-state index contributed by atoms with van der Waals surface area (Å²) >= 11 is 0. The quantitative estimate of drug-likeness (QED) is 0.706. The Labute approximate surface area is 96.2 Å². The van der Waals surface area contributed by atoms with Crippen molar-refractivity contribution in [2.45, 2.75) is 39.2 Å². The molecule has 90 valence electrons. The van der Waals surface area contributed by atoms with Gasteiger partial charge in [-0.15, -0.1) is 0 Å². The number of aliphatic hydroxyl groups excluding tert-OH is 1. The molecule has 3 nitrogen and oxygen atoms in total. The lowest BCUT2D eigenvalue weighted by atomic mass is 10.0. The third kappa shape index (κ3) is 1.41. The van der Waals surface area contributed by atoms with Gasteiger partial charge in [0.1, 0.15) is 0 Å². The van der Waals surface area contributed by atoms with Crippen LogP contribution in [0.4, 0.5) is 0 Å². The second kappa shape index (κ2) is 3.59. The molecule has 0 heterocycles. The molecule has 0 amide bonds. The lowest BCUT2D eigenvalue weighted by molar-refractivity contribution is -0.132. The van der Waals surface area contributed by atoms with E-state index in [1.54, 1.807) is 0 Å². The fourth-order valence-corrected chi connectivity index (χ4v) is 3.95. The number of aliphatic carboxylic acids is 1. The lowest BCUT2D eigenvalue weighted by Gasteiger charge is -2.03. The molecule has 2 N–H and O–H groups in total. The maximum absolute atomic E-state index is 9.65. The van der Waals surface area contributed by atoms with E-state index in [2.05, 4.69) is 13.5 Å². The van der Waals surface area contributed by atoms with Crippen LogP contribution in [0.3, 0.4) is 0 Å². The number of hydrogen-bond acceptors (Lipinski definition) is 2. The van der Waals surface area contributed by atoms with Crippen LogP contribution in [-0.2, 0) is 4.79 Å². The predicted molar refractivity (Wildman–Crippen MR) is 60.9 cm³/mol. The lowest BCUT2D eigenvalue weighted by Crippen LogP contribution is -2.09. The van der Waals surface area contributed by atoms with Crippen LogP contribution in [0.15, 0.2) is 12.2 Å². The molecule has 5 atom stereocenters. The second-order valence-electron chi connectivity index (χ2n) is 5.49. The topological polar surface area (TPSA) is 57.5 Å². The molecule has 4 saturated carbocycles. The molecule has 16 heavy (non-hydrogen) atoms. The Morgan fingerprint density at radius 2 is 2.12 bits per heavy atom. The SMILES string of the molecule is C=C(C)C(=O)O.CCC12CC3CC1C2C3O. The molecule has 4 rings (SSSR count). The maximum Gasteiger partial charge on any atom is 0.330 e. The van der Waals surface area contributed by atoms with Gasteiger partial charge in [0.05, 0.1) is 6.10 Å². The summed E-state index contributed by atoms with van der Waals surface area (Å²) in [5.74, 6) is 1.45. The van der Waals surface area contributed by atoms with E-state index in [9.17, 15) is 9.90 Å². The molecule has 0 aromatic carbocycles. The number of rotatable bonds is 2. The minimum atomic E-state index is -0.935. The monoisotopic (exact) mass is 224 g/mol. The van der Waals surface area contributed by atoms with Crippen LogP contribution in [0.5, 0.6) is 0 Å². The molecule has 4 bridgehead atoms. The van der Waals surface area contributed by atoms with Gasteiger partial charge in [-0.25, -0.2) is 4.79 Å². The normalized spacial score (nSPS) is 45.9. The molecule has 0 aromatic rings. The predicted octanol–water partition coefficient (Wildman–Crippen LogP) is 2.06. The van der Waals surface area contributed by atoms with E-state index in [0.29, 0.717) is 11.3 Å². The van der Waals surface area contributed by atoms with Gasteiger partial charge in [0.2, 0.25) is 0 Å². The number of aliphatic hydroxyl groups is 1. The first kappa shape index (κ1) is 11.6. The summed E-state index contributed by atoms with van der Waals surface area (Å²) in [5, 5.41) is 17.5. The molecule has 0 spiro atoms. The smallest absolute Gasteiger partial charge is 0.330 e. The zero-order valence-corrected chi connectivity index (χ0v) is 9.94. The van der Waals surface area contributed by atoms with Crippen LogP contribution in [0.25, 0.3) is 0 Å². The summed E-state index contributed by atoms with van der Waals surface area (Å²) in [5.41, 5.74) is 0.833. The minimum absolute atomic E-state index is 0.102. The van der Waals surface area contributed by atoms with Crippen molar-refractivity contribution in [2.24, 2.45) is 23.2 Å². The molecule has 0 radical (unpaired) electrons. The first-order valence-corrected chi connectivity index (χ1v) is 6.01. The molecule has 0 aromatic heterocycles. The Bertz CT molecular complexity index is 324. The number of carbonyl (C=O) groups is 1. The molecule has 0 saturated heterocycles. The fraction of sp³-hybridized carbons (Fsp3) is 0.769.